The van der Waals surface area contributed by atoms with E-state index in [9.17, 15) is 8.42 Å². The van der Waals surface area contributed by atoms with Crippen molar-refractivity contribution >= 4 is 32.9 Å². The maximum atomic E-state index is 11.1. The number of hydrogen-bond acceptors (Lipinski definition) is 5. The predicted molar refractivity (Wildman–Crippen MR) is 77.5 cm³/mol. The Kier molecular flexibility index (Phi) is 5.99. The van der Waals surface area contributed by atoms with Crippen molar-refractivity contribution in [3.63, 3.8) is 0 Å². The second-order valence-electron chi connectivity index (χ2n) is 4.05. The third kappa shape index (κ3) is 5.42. The molecule has 0 aromatic carbocycles. The van der Waals surface area contributed by atoms with Gasteiger partial charge in [0.05, 0.1) is 5.75 Å². The van der Waals surface area contributed by atoms with Crippen molar-refractivity contribution in [1.82, 2.24) is 0 Å². The van der Waals surface area contributed by atoms with E-state index in [1.807, 2.05) is 5.38 Å². The van der Waals surface area contributed by atoms with Crippen LogP contribution < -0.4 is 5.73 Å². The topological polar surface area (TPSA) is 60.2 Å². The highest BCUT2D eigenvalue weighted by atomic mass is 32.2. The maximum absolute atomic E-state index is 11.1. The van der Waals surface area contributed by atoms with E-state index in [-0.39, 0.29) is 17.0 Å². The van der Waals surface area contributed by atoms with Crippen LogP contribution in [0.5, 0.6) is 0 Å². The van der Waals surface area contributed by atoms with E-state index in [1.54, 1.807) is 23.1 Å². The largest absolute Gasteiger partial charge is 0.326 e. The van der Waals surface area contributed by atoms with Crippen molar-refractivity contribution < 1.29 is 8.42 Å². The van der Waals surface area contributed by atoms with Crippen molar-refractivity contribution in [3.05, 3.63) is 22.4 Å². The monoisotopic (exact) mass is 293 g/mol. The lowest BCUT2D eigenvalue weighted by molar-refractivity contribution is 0.603. The molecule has 0 aliphatic rings. The van der Waals surface area contributed by atoms with Gasteiger partial charge in [-0.1, -0.05) is 6.92 Å². The summed E-state index contributed by atoms with van der Waals surface area (Å²) in [7, 11) is -2.88. The Hall–Kier alpha value is -0.0400. The van der Waals surface area contributed by atoms with E-state index in [4.69, 9.17) is 5.73 Å². The van der Waals surface area contributed by atoms with Crippen LogP contribution >= 0.6 is 23.1 Å². The van der Waals surface area contributed by atoms with E-state index in [1.165, 1.54) is 11.8 Å². The van der Waals surface area contributed by atoms with Crippen LogP contribution in [0.4, 0.5) is 0 Å². The fraction of sp³-hybridized carbons (Fsp3) is 0.636. The Morgan fingerprint density at radius 3 is 2.71 bits per heavy atom. The third-order valence-corrected chi connectivity index (χ3v) is 5.81. The summed E-state index contributed by atoms with van der Waals surface area (Å²) in [5, 5.41) is 4.32. The van der Waals surface area contributed by atoms with Crippen molar-refractivity contribution in [1.29, 1.82) is 0 Å². The smallest absolute Gasteiger partial charge is 0.148 e. The van der Waals surface area contributed by atoms with Crippen molar-refractivity contribution in [3.8, 4) is 0 Å². The summed E-state index contributed by atoms with van der Waals surface area (Å²) in [5.74, 6) is 0.821. The number of nitrogens with two attached hydrogens (primary N) is 1. The molecule has 0 radical (unpaired) electrons. The van der Waals surface area contributed by atoms with Crippen LogP contribution in [0.25, 0.3) is 0 Å². The zero-order valence-corrected chi connectivity index (χ0v) is 12.6. The lowest BCUT2D eigenvalue weighted by Gasteiger charge is -2.21. The normalized spacial score (nSPS) is 15.7. The molecule has 1 heterocycles. The fourth-order valence-corrected chi connectivity index (χ4v) is 4.86. The van der Waals surface area contributed by atoms with Crippen LogP contribution in [0, 0.1) is 0 Å². The molecule has 2 unspecified atom stereocenters. The van der Waals surface area contributed by atoms with Gasteiger partial charge in [0.2, 0.25) is 0 Å². The Bertz CT molecular complexity index is 414. The van der Waals surface area contributed by atoms with Gasteiger partial charge in [-0.15, -0.1) is 0 Å². The molecule has 1 rings (SSSR count). The Morgan fingerprint density at radius 2 is 2.24 bits per heavy atom. The zero-order chi connectivity index (χ0) is 12.9. The van der Waals surface area contributed by atoms with Gasteiger partial charge in [0.25, 0.3) is 0 Å². The average molecular weight is 293 g/mol. The second-order valence-corrected chi connectivity index (χ2v) is 8.34. The van der Waals surface area contributed by atoms with Gasteiger partial charge in [0.1, 0.15) is 9.84 Å². The Morgan fingerprint density at radius 1 is 1.53 bits per heavy atom. The van der Waals surface area contributed by atoms with Gasteiger partial charge in [-0.3, -0.25) is 0 Å². The molecule has 0 amide bonds. The molecule has 17 heavy (non-hydrogen) atoms. The third-order valence-electron chi connectivity index (χ3n) is 2.48. The molecule has 0 bridgehead atoms. The molecule has 1 aromatic heterocycles. The fourth-order valence-electron chi connectivity index (χ4n) is 1.44. The number of thioether (sulfide) groups is 1. The molecule has 0 saturated carbocycles. The number of hydrogen-bond donors (Lipinski definition) is 1. The Balaban J connectivity index is 2.60. The summed E-state index contributed by atoms with van der Waals surface area (Å²) in [5.41, 5.74) is 7.30. The molecule has 0 spiro atoms. The van der Waals surface area contributed by atoms with Crippen molar-refractivity contribution in [2.45, 2.75) is 24.6 Å². The van der Waals surface area contributed by atoms with Gasteiger partial charge in [-0.25, -0.2) is 8.42 Å². The summed E-state index contributed by atoms with van der Waals surface area (Å²) < 4.78 is 22.2. The lowest BCUT2D eigenvalue weighted by atomic mass is 10.1. The molecule has 0 aliphatic heterocycles. The van der Waals surface area contributed by atoms with Crippen LogP contribution in [-0.4, -0.2) is 32.2 Å². The van der Waals surface area contributed by atoms with Gasteiger partial charge in [-0.05, 0) is 28.8 Å². The predicted octanol–water partition coefficient (Wildman–Crippen LogP) is 2.30. The molecule has 0 saturated heterocycles. The van der Waals surface area contributed by atoms with E-state index in [0.717, 1.165) is 6.42 Å². The number of rotatable bonds is 7. The summed E-state index contributed by atoms with van der Waals surface area (Å²) in [6.07, 6.45) is 2.17. The van der Waals surface area contributed by atoms with Crippen molar-refractivity contribution in [2.75, 3.05) is 17.8 Å². The van der Waals surface area contributed by atoms with E-state index >= 15 is 0 Å². The minimum atomic E-state index is -2.88. The van der Waals surface area contributed by atoms with Crippen LogP contribution in [0.2, 0.25) is 0 Å². The zero-order valence-electron chi connectivity index (χ0n) is 10.1. The number of sulfone groups is 1. The SMILES string of the molecule is CCC(N)C(SCCS(C)(=O)=O)c1ccsc1. The highest BCUT2D eigenvalue weighted by Crippen LogP contribution is 2.33. The van der Waals surface area contributed by atoms with Crippen molar-refractivity contribution in [2.24, 2.45) is 5.73 Å². The molecule has 1 aromatic rings. The van der Waals surface area contributed by atoms with Gasteiger partial charge >= 0.3 is 0 Å². The van der Waals surface area contributed by atoms with Crippen LogP contribution in [0.3, 0.4) is 0 Å². The molecular formula is C11H19NO2S3. The maximum Gasteiger partial charge on any atom is 0.148 e. The first-order valence-corrected chi connectivity index (χ1v) is 9.56. The molecular weight excluding hydrogens is 274 g/mol. The average Bonchev–Trinajstić information content (AvgIpc) is 2.75. The minimum Gasteiger partial charge on any atom is -0.326 e. The molecule has 6 heteroatoms. The van der Waals surface area contributed by atoms with Crippen LogP contribution in [0.15, 0.2) is 16.8 Å². The molecule has 98 valence electrons. The van der Waals surface area contributed by atoms with E-state index < -0.39 is 9.84 Å². The van der Waals surface area contributed by atoms with Gasteiger partial charge < -0.3 is 5.73 Å². The molecule has 0 aliphatic carbocycles. The number of thiophene rings is 1. The first-order chi connectivity index (χ1) is 7.94. The summed E-state index contributed by atoms with van der Waals surface area (Å²) in [6, 6.07) is 2.15. The van der Waals surface area contributed by atoms with E-state index in [0.29, 0.717) is 5.75 Å². The molecule has 2 N–H and O–H groups in total. The van der Waals surface area contributed by atoms with Gasteiger partial charge in [0.15, 0.2) is 0 Å². The lowest BCUT2D eigenvalue weighted by Crippen LogP contribution is -2.26. The summed E-state index contributed by atoms with van der Waals surface area (Å²) in [6.45, 7) is 2.06. The molecule has 2 atom stereocenters. The van der Waals surface area contributed by atoms with Crippen LogP contribution in [-0.2, 0) is 9.84 Å². The van der Waals surface area contributed by atoms with E-state index in [2.05, 4.69) is 18.4 Å². The highest BCUT2D eigenvalue weighted by molar-refractivity contribution is 8.00. The standard InChI is InChI=1S/C11H19NO2S3/c1-3-10(12)11(9-4-5-15-8-9)16-6-7-17(2,13)14/h4-5,8,10-11H,3,6-7,12H2,1-2H3. The molecule has 3 nitrogen and oxygen atoms in total. The van der Waals surface area contributed by atoms with Gasteiger partial charge in [-0.2, -0.15) is 23.1 Å². The highest BCUT2D eigenvalue weighted by Gasteiger charge is 2.19. The minimum absolute atomic E-state index is 0.0779. The summed E-state index contributed by atoms with van der Waals surface area (Å²) in [4.78, 5) is 0. The first kappa shape index (κ1) is 15.0. The van der Waals surface area contributed by atoms with Crippen LogP contribution in [0.1, 0.15) is 24.2 Å². The quantitative estimate of drug-likeness (QED) is 0.838. The second kappa shape index (κ2) is 6.78. The van der Waals surface area contributed by atoms with Gasteiger partial charge in [0, 0.05) is 23.3 Å². The summed E-state index contributed by atoms with van der Waals surface area (Å²) >= 11 is 3.29. The molecule has 0 fully saturated rings. The Labute approximate surface area is 112 Å². The first-order valence-electron chi connectivity index (χ1n) is 5.51.